The first-order chi connectivity index (χ1) is 14.1. The molecule has 2 aromatic heterocycles. The van der Waals surface area contributed by atoms with E-state index in [-0.39, 0.29) is 12.2 Å². The molecule has 0 bridgehead atoms. The van der Waals surface area contributed by atoms with Crippen LogP contribution in [-0.2, 0) is 26.1 Å². The van der Waals surface area contributed by atoms with Gasteiger partial charge in [0.15, 0.2) is 0 Å². The minimum Gasteiger partial charge on any atom is -0.487 e. The molecule has 0 radical (unpaired) electrons. The predicted molar refractivity (Wildman–Crippen MR) is 115 cm³/mol. The standard InChI is InChI=1S/C23H22ClN3O2/c1-16(18-3-2-17-6-8-25-12-19(17)10-18)14-27-9-7-22(11-23(27)28)29-15-21-5-4-20(24)13-26-21/h2-5,7,9-11,13,25H,1,6,8,12,14-15H2. The van der Waals surface area contributed by atoms with Crippen LogP contribution in [0.4, 0.5) is 0 Å². The fraction of sp³-hybridized carbons (Fsp3) is 0.217. The molecule has 5 nitrogen and oxygen atoms in total. The molecule has 1 aliphatic heterocycles. The fourth-order valence-corrected chi connectivity index (χ4v) is 3.47. The lowest BCUT2D eigenvalue weighted by Crippen LogP contribution is -2.23. The second kappa shape index (κ2) is 8.64. The van der Waals surface area contributed by atoms with E-state index in [4.69, 9.17) is 16.3 Å². The first-order valence-electron chi connectivity index (χ1n) is 9.53. The molecule has 0 unspecified atom stereocenters. The van der Waals surface area contributed by atoms with Gasteiger partial charge < -0.3 is 14.6 Å². The first-order valence-corrected chi connectivity index (χ1v) is 9.91. The van der Waals surface area contributed by atoms with Gasteiger partial charge in [0.05, 0.1) is 17.3 Å². The zero-order valence-corrected chi connectivity index (χ0v) is 16.8. The van der Waals surface area contributed by atoms with Gasteiger partial charge in [-0.05, 0) is 59.5 Å². The quantitative estimate of drug-likeness (QED) is 0.674. The first kappa shape index (κ1) is 19.4. The van der Waals surface area contributed by atoms with Crippen molar-refractivity contribution in [3.05, 3.63) is 99.2 Å². The molecule has 0 saturated heterocycles. The highest BCUT2D eigenvalue weighted by atomic mass is 35.5. The molecule has 4 rings (SSSR count). The third-order valence-electron chi connectivity index (χ3n) is 5.01. The van der Waals surface area contributed by atoms with Gasteiger partial charge in [0.1, 0.15) is 12.4 Å². The molecule has 0 aliphatic carbocycles. The molecule has 3 heterocycles. The SMILES string of the molecule is C=C(Cn1ccc(OCc2ccc(Cl)cn2)cc1=O)c1ccc2c(c1)CNCC2. The van der Waals surface area contributed by atoms with Crippen LogP contribution in [0.1, 0.15) is 22.4 Å². The van der Waals surface area contributed by atoms with Crippen molar-refractivity contribution in [1.29, 1.82) is 0 Å². The van der Waals surface area contributed by atoms with E-state index >= 15 is 0 Å². The molecule has 1 N–H and O–H groups in total. The number of nitrogens with one attached hydrogen (secondary N) is 1. The zero-order chi connectivity index (χ0) is 20.2. The van der Waals surface area contributed by atoms with Gasteiger partial charge in [-0.3, -0.25) is 9.78 Å². The highest BCUT2D eigenvalue weighted by Gasteiger charge is 2.11. The highest BCUT2D eigenvalue weighted by molar-refractivity contribution is 6.30. The summed E-state index contributed by atoms with van der Waals surface area (Å²) in [5, 5.41) is 3.96. The van der Waals surface area contributed by atoms with E-state index in [0.717, 1.165) is 36.3 Å². The maximum Gasteiger partial charge on any atom is 0.254 e. The van der Waals surface area contributed by atoms with Crippen LogP contribution in [0.25, 0.3) is 5.57 Å². The van der Waals surface area contributed by atoms with Gasteiger partial charge in [0, 0.05) is 25.0 Å². The van der Waals surface area contributed by atoms with Crippen LogP contribution in [-0.4, -0.2) is 16.1 Å². The molecule has 1 aromatic carbocycles. The van der Waals surface area contributed by atoms with Crippen molar-refractivity contribution < 1.29 is 4.74 Å². The number of hydrogen-bond donors (Lipinski definition) is 1. The van der Waals surface area contributed by atoms with Crippen molar-refractivity contribution in [3.63, 3.8) is 0 Å². The average Bonchev–Trinajstić information content (AvgIpc) is 2.74. The number of nitrogens with zero attached hydrogens (tertiary/aromatic N) is 2. The summed E-state index contributed by atoms with van der Waals surface area (Å²) >= 11 is 5.83. The summed E-state index contributed by atoms with van der Waals surface area (Å²) in [5.74, 6) is 0.508. The van der Waals surface area contributed by atoms with Gasteiger partial charge in [-0.2, -0.15) is 0 Å². The summed E-state index contributed by atoms with van der Waals surface area (Å²) in [6, 6.07) is 13.2. The molecular weight excluding hydrogens is 386 g/mol. The largest absolute Gasteiger partial charge is 0.487 e. The van der Waals surface area contributed by atoms with E-state index in [2.05, 4.69) is 35.1 Å². The van der Waals surface area contributed by atoms with Crippen molar-refractivity contribution in [3.8, 4) is 5.75 Å². The van der Waals surface area contributed by atoms with Crippen LogP contribution in [0.3, 0.4) is 0 Å². The molecule has 0 saturated carbocycles. The molecular formula is C23H22ClN3O2. The summed E-state index contributed by atoms with van der Waals surface area (Å²) in [4.78, 5) is 16.7. The van der Waals surface area contributed by atoms with E-state index in [9.17, 15) is 4.79 Å². The summed E-state index contributed by atoms with van der Waals surface area (Å²) in [5.41, 5.74) is 5.27. The van der Waals surface area contributed by atoms with Gasteiger partial charge in [0.2, 0.25) is 0 Å². The summed E-state index contributed by atoms with van der Waals surface area (Å²) < 4.78 is 7.30. The Kier molecular flexibility index (Phi) is 5.79. The molecule has 148 valence electrons. The number of rotatable bonds is 6. The predicted octanol–water partition coefficient (Wildman–Crippen LogP) is 3.83. The molecule has 29 heavy (non-hydrogen) atoms. The van der Waals surface area contributed by atoms with Crippen molar-refractivity contribution in [2.24, 2.45) is 0 Å². The molecule has 3 aromatic rings. The van der Waals surface area contributed by atoms with Gasteiger partial charge in [-0.1, -0.05) is 30.3 Å². The van der Waals surface area contributed by atoms with Crippen LogP contribution in [0.15, 0.2) is 66.2 Å². The smallest absolute Gasteiger partial charge is 0.254 e. The van der Waals surface area contributed by atoms with E-state index in [1.165, 1.54) is 17.2 Å². The Morgan fingerprint density at radius 3 is 2.90 bits per heavy atom. The number of allylic oxidation sites excluding steroid dienone is 1. The number of aromatic nitrogens is 2. The number of ether oxygens (including phenoxy) is 1. The Morgan fingerprint density at radius 2 is 2.10 bits per heavy atom. The lowest BCUT2D eigenvalue weighted by molar-refractivity contribution is 0.300. The van der Waals surface area contributed by atoms with Crippen LogP contribution in [0.2, 0.25) is 5.02 Å². The fourth-order valence-electron chi connectivity index (χ4n) is 3.36. The normalized spacial score (nSPS) is 13.0. The van der Waals surface area contributed by atoms with Crippen molar-refractivity contribution in [2.75, 3.05) is 6.54 Å². The number of benzene rings is 1. The molecule has 1 aliphatic rings. The Balaban J connectivity index is 1.42. The van der Waals surface area contributed by atoms with Crippen molar-refractivity contribution in [2.45, 2.75) is 26.1 Å². The maximum absolute atomic E-state index is 12.5. The molecule has 0 amide bonds. The van der Waals surface area contributed by atoms with Crippen molar-refractivity contribution in [1.82, 2.24) is 14.9 Å². The van der Waals surface area contributed by atoms with Crippen LogP contribution >= 0.6 is 11.6 Å². The lowest BCUT2D eigenvalue weighted by Gasteiger charge is -2.18. The van der Waals surface area contributed by atoms with E-state index in [1.54, 1.807) is 35.2 Å². The van der Waals surface area contributed by atoms with E-state index in [1.807, 2.05) is 0 Å². The van der Waals surface area contributed by atoms with Crippen molar-refractivity contribution >= 4 is 17.2 Å². The summed E-state index contributed by atoms with van der Waals surface area (Å²) in [6.07, 6.45) is 4.35. The van der Waals surface area contributed by atoms with Gasteiger partial charge >= 0.3 is 0 Å². The third kappa shape index (κ3) is 4.75. The number of pyridine rings is 2. The van der Waals surface area contributed by atoms with Crippen LogP contribution < -0.4 is 15.6 Å². The van der Waals surface area contributed by atoms with Gasteiger partial charge in [0.25, 0.3) is 5.56 Å². The van der Waals surface area contributed by atoms with Gasteiger partial charge in [-0.15, -0.1) is 0 Å². The number of fused-ring (bicyclic) bond motifs is 1. The zero-order valence-electron chi connectivity index (χ0n) is 16.0. The minimum absolute atomic E-state index is 0.132. The Bertz CT molecular complexity index is 1090. The number of halogens is 1. The third-order valence-corrected chi connectivity index (χ3v) is 5.23. The Hall–Kier alpha value is -2.89. The molecule has 0 atom stereocenters. The highest BCUT2D eigenvalue weighted by Crippen LogP contribution is 2.21. The maximum atomic E-state index is 12.5. The number of hydrogen-bond acceptors (Lipinski definition) is 4. The second-order valence-electron chi connectivity index (χ2n) is 7.10. The topological polar surface area (TPSA) is 56.2 Å². The monoisotopic (exact) mass is 407 g/mol. The van der Waals surface area contributed by atoms with Crippen LogP contribution in [0, 0.1) is 0 Å². The molecule has 0 spiro atoms. The van der Waals surface area contributed by atoms with Gasteiger partial charge in [-0.25, -0.2) is 0 Å². The minimum atomic E-state index is -0.132. The van der Waals surface area contributed by atoms with Crippen LogP contribution in [0.5, 0.6) is 5.75 Å². The average molecular weight is 408 g/mol. The lowest BCUT2D eigenvalue weighted by atomic mass is 9.96. The van der Waals surface area contributed by atoms with E-state index < -0.39 is 0 Å². The summed E-state index contributed by atoms with van der Waals surface area (Å²) in [7, 11) is 0. The molecule has 0 fully saturated rings. The Labute approximate surface area is 174 Å². The Morgan fingerprint density at radius 1 is 1.21 bits per heavy atom. The molecule has 6 heteroatoms. The van der Waals surface area contributed by atoms with E-state index in [0.29, 0.717) is 17.3 Å². The summed E-state index contributed by atoms with van der Waals surface area (Å²) in [6.45, 7) is 6.79. The second-order valence-corrected chi connectivity index (χ2v) is 7.54.